The van der Waals surface area contributed by atoms with Crippen LogP contribution in [0.1, 0.15) is 17.5 Å². The maximum atomic E-state index is 14.2. The number of carbonyl (C=O) groups is 3. The van der Waals surface area contributed by atoms with Crippen molar-refractivity contribution < 1.29 is 49.8 Å². The van der Waals surface area contributed by atoms with Crippen LogP contribution in [0.25, 0.3) is 0 Å². The van der Waals surface area contributed by atoms with E-state index in [1.807, 2.05) is 0 Å². The van der Waals surface area contributed by atoms with Gasteiger partial charge >= 0.3 is 16.2 Å². The van der Waals surface area contributed by atoms with E-state index in [1.54, 1.807) is 47.2 Å². The summed E-state index contributed by atoms with van der Waals surface area (Å²) in [5.74, 6) is -4.63. The van der Waals surface area contributed by atoms with E-state index in [2.05, 4.69) is 23.2 Å². The molecule has 0 aliphatic rings. The second-order valence-electron chi connectivity index (χ2n) is 12.5. The number of rotatable bonds is 19. The number of benzene rings is 4. The van der Waals surface area contributed by atoms with Crippen molar-refractivity contribution in [3.05, 3.63) is 145 Å². The number of hydrogen-bond acceptors (Lipinski definition) is 7. The van der Waals surface area contributed by atoms with Crippen LogP contribution in [-0.4, -0.2) is 65.7 Å². The van der Waals surface area contributed by atoms with Crippen molar-refractivity contribution in [1.29, 1.82) is 0 Å². The molecule has 0 spiro atoms. The molecule has 302 valence electrons. The second-order valence-corrected chi connectivity index (χ2v) is 13.9. The molecule has 4 aromatic carbocycles. The fourth-order valence-electron chi connectivity index (χ4n) is 5.77. The lowest BCUT2D eigenvalue weighted by atomic mass is 10.0. The molecular formula is C40H41F4N5O7S. The van der Waals surface area contributed by atoms with Gasteiger partial charge in [0.2, 0.25) is 11.8 Å². The van der Waals surface area contributed by atoms with Crippen LogP contribution in [0.15, 0.2) is 110 Å². The van der Waals surface area contributed by atoms with Gasteiger partial charge in [0, 0.05) is 43.0 Å². The zero-order chi connectivity index (χ0) is 41.7. The molecule has 0 aliphatic carbocycles. The molecule has 0 saturated heterocycles. The lowest BCUT2D eigenvalue weighted by molar-refractivity contribution is -0.120. The molecule has 4 rings (SSSR count). The molecule has 0 aliphatic heterocycles. The van der Waals surface area contributed by atoms with Crippen LogP contribution in [0.4, 0.5) is 33.7 Å². The first-order valence-electron chi connectivity index (χ1n) is 17.3. The van der Waals surface area contributed by atoms with E-state index in [-0.39, 0.29) is 36.3 Å². The van der Waals surface area contributed by atoms with Crippen molar-refractivity contribution in [2.45, 2.75) is 31.3 Å². The fourth-order valence-corrected chi connectivity index (χ4v) is 6.69. The van der Waals surface area contributed by atoms with Gasteiger partial charge in [0.05, 0.1) is 14.2 Å². The molecule has 17 heteroatoms. The van der Waals surface area contributed by atoms with Gasteiger partial charge in [0.15, 0.2) is 0 Å². The Labute approximate surface area is 328 Å². The highest BCUT2D eigenvalue weighted by Crippen LogP contribution is 2.23. The summed E-state index contributed by atoms with van der Waals surface area (Å²) in [7, 11) is -2.13. The predicted octanol–water partition coefficient (Wildman–Crippen LogP) is 5.74. The Hall–Kier alpha value is -6.20. The van der Waals surface area contributed by atoms with Gasteiger partial charge in [-0.2, -0.15) is 13.1 Å². The molecule has 4 amide bonds. The number of nitrogens with one attached hydrogen (secondary N) is 3. The summed E-state index contributed by atoms with van der Waals surface area (Å²) in [5, 5.41) is 2.28. The molecule has 2 atom stereocenters. The molecule has 12 nitrogen and oxygen atoms in total. The molecule has 0 bridgehead atoms. The van der Waals surface area contributed by atoms with Crippen LogP contribution in [0.2, 0.25) is 0 Å². The summed E-state index contributed by atoms with van der Waals surface area (Å²) in [5.41, 5.74) is 0.497. The van der Waals surface area contributed by atoms with E-state index < -0.39 is 76.2 Å². The zero-order valence-corrected chi connectivity index (χ0v) is 31.8. The first kappa shape index (κ1) is 43.5. The summed E-state index contributed by atoms with van der Waals surface area (Å²) < 4.78 is 98.2. The molecule has 0 saturated carbocycles. The van der Waals surface area contributed by atoms with Crippen LogP contribution < -0.4 is 34.0 Å². The van der Waals surface area contributed by atoms with Crippen molar-refractivity contribution in [3.63, 3.8) is 0 Å². The fraction of sp³-hybridized carbons (Fsp3) is 0.225. The second kappa shape index (κ2) is 20.1. The summed E-state index contributed by atoms with van der Waals surface area (Å²) in [6, 6.07) is 12.5. The van der Waals surface area contributed by atoms with E-state index in [9.17, 15) is 40.4 Å². The van der Waals surface area contributed by atoms with E-state index in [0.717, 1.165) is 29.2 Å². The molecule has 3 N–H and O–H groups in total. The Morgan fingerprint density at radius 2 is 1.12 bits per heavy atom. The van der Waals surface area contributed by atoms with E-state index >= 15 is 0 Å². The highest BCUT2D eigenvalue weighted by Gasteiger charge is 2.33. The van der Waals surface area contributed by atoms with Gasteiger partial charge in [-0.05, 0) is 96.8 Å². The molecule has 4 aromatic rings. The molecular weight excluding hydrogens is 771 g/mol. The van der Waals surface area contributed by atoms with Gasteiger partial charge in [-0.3, -0.25) is 9.59 Å². The van der Waals surface area contributed by atoms with E-state index in [4.69, 9.17) is 9.47 Å². The Morgan fingerprint density at radius 3 is 1.56 bits per heavy atom. The molecule has 0 fully saturated rings. The summed E-state index contributed by atoms with van der Waals surface area (Å²) in [6.45, 7) is 7.25. The Morgan fingerprint density at radius 1 is 0.684 bits per heavy atom. The number of ether oxygens (including phenoxy) is 2. The smallest absolute Gasteiger partial charge is 0.330 e. The van der Waals surface area contributed by atoms with Gasteiger partial charge < -0.3 is 24.6 Å². The maximum absolute atomic E-state index is 14.2. The number of carbonyl (C=O) groups excluding carboxylic acids is 3. The Balaban J connectivity index is 1.66. The number of urea groups is 1. The van der Waals surface area contributed by atoms with Crippen molar-refractivity contribution in [2.24, 2.45) is 0 Å². The van der Waals surface area contributed by atoms with Crippen molar-refractivity contribution in [3.8, 4) is 11.5 Å². The molecule has 57 heavy (non-hydrogen) atoms. The minimum atomic E-state index is -5.02. The zero-order valence-electron chi connectivity index (χ0n) is 31.0. The van der Waals surface area contributed by atoms with E-state index in [0.29, 0.717) is 29.3 Å². The first-order valence-corrected chi connectivity index (χ1v) is 18.8. The van der Waals surface area contributed by atoms with Crippen molar-refractivity contribution >= 4 is 39.4 Å². The number of hydrogen-bond donors (Lipinski definition) is 3. The predicted molar refractivity (Wildman–Crippen MR) is 207 cm³/mol. The van der Waals surface area contributed by atoms with Crippen LogP contribution >= 0.6 is 0 Å². The minimum absolute atomic E-state index is 0.0423. The first-order chi connectivity index (χ1) is 27.1. The van der Waals surface area contributed by atoms with Gasteiger partial charge in [0.1, 0.15) is 46.9 Å². The number of halogens is 4. The molecule has 0 heterocycles. The van der Waals surface area contributed by atoms with Gasteiger partial charge in [-0.25, -0.2) is 27.1 Å². The average molecular weight is 812 g/mol. The number of amides is 4. The molecule has 0 radical (unpaired) electrons. The van der Waals surface area contributed by atoms with Gasteiger partial charge in [-0.1, -0.05) is 12.2 Å². The Bertz CT molecular complexity index is 2130. The third-order valence-electron chi connectivity index (χ3n) is 8.32. The van der Waals surface area contributed by atoms with Crippen molar-refractivity contribution in [2.75, 3.05) is 37.1 Å². The summed E-state index contributed by atoms with van der Waals surface area (Å²) in [6.07, 6.45) is 2.13. The highest BCUT2D eigenvalue weighted by molar-refractivity contribution is 7.88. The lowest BCUT2D eigenvalue weighted by Gasteiger charge is -2.29. The monoisotopic (exact) mass is 811 g/mol. The minimum Gasteiger partial charge on any atom is -0.497 e. The normalized spacial score (nSPS) is 12.1. The van der Waals surface area contributed by atoms with Crippen molar-refractivity contribution in [1.82, 2.24) is 14.8 Å². The largest absolute Gasteiger partial charge is 0.497 e. The third-order valence-corrected chi connectivity index (χ3v) is 9.37. The summed E-state index contributed by atoms with van der Waals surface area (Å²) in [4.78, 5) is 44.1. The van der Waals surface area contributed by atoms with Crippen LogP contribution in [-0.2, 0) is 32.6 Å². The SMILES string of the molecule is C=CCCN(C(=O)[C@H](Cc1cc(F)cc(F)c1)NC(=O)NS(=O)(=O)N[C@@H](Cc1cc(F)cc(F)c1)C(=O)N(CC=C)c1ccc(OC)cc1)c1ccc(OC)cc1. The van der Waals surface area contributed by atoms with Crippen LogP contribution in [0.5, 0.6) is 11.5 Å². The van der Waals surface area contributed by atoms with Crippen LogP contribution in [0.3, 0.4) is 0 Å². The molecule has 0 aromatic heterocycles. The number of anilines is 2. The number of methoxy groups -OCH3 is 2. The third kappa shape index (κ3) is 12.7. The topological polar surface area (TPSA) is 146 Å². The van der Waals surface area contributed by atoms with Gasteiger partial charge in [-0.15, -0.1) is 13.2 Å². The highest BCUT2D eigenvalue weighted by atomic mass is 32.2. The molecule has 0 unspecified atom stereocenters. The lowest BCUT2D eigenvalue weighted by Crippen LogP contribution is -2.57. The van der Waals surface area contributed by atoms with Gasteiger partial charge in [0.25, 0.3) is 0 Å². The average Bonchev–Trinajstić information content (AvgIpc) is 3.15. The quantitative estimate of drug-likeness (QED) is 0.0809. The standard InChI is InChI=1S/C40H41F4N5O7S/c1-5-7-17-49(33-10-14-35(56-4)15-11-33)38(50)36(22-26-18-28(41)24-29(42)19-26)45-40(52)47-57(53,54)46-37(23-27-20-30(43)25-31(44)21-27)39(51)48(16-6-2)32-8-12-34(55-3)13-9-32/h5-6,8-15,18-21,24-25,36-37,46H,1-2,7,16-17,22-23H2,3-4H3,(H2,45,47,52)/t36-,37-/m0/s1. The summed E-state index contributed by atoms with van der Waals surface area (Å²) >= 11 is 0. The van der Waals surface area contributed by atoms with E-state index in [1.165, 1.54) is 37.3 Å². The maximum Gasteiger partial charge on any atom is 0.330 e. The number of nitrogens with zero attached hydrogens (tertiary/aromatic N) is 2. The van der Waals surface area contributed by atoms with Crippen LogP contribution in [0, 0.1) is 23.3 Å². The Kier molecular flexibility index (Phi) is 15.4.